The average Bonchev–Trinajstić information content (AvgIpc) is 3.01. The fourth-order valence-electron chi connectivity index (χ4n) is 2.72. The summed E-state index contributed by atoms with van der Waals surface area (Å²) >= 11 is 0. The van der Waals surface area contributed by atoms with Crippen molar-refractivity contribution in [3.05, 3.63) is 71.3 Å². The fourth-order valence-corrected chi connectivity index (χ4v) is 3.58. The summed E-state index contributed by atoms with van der Waals surface area (Å²) in [6.45, 7) is 0.933. The summed E-state index contributed by atoms with van der Waals surface area (Å²) < 4.78 is 27.3. The zero-order chi connectivity index (χ0) is 18.6. The predicted octanol–water partition coefficient (Wildman–Crippen LogP) is 3.68. The molecule has 0 atom stereocenters. The summed E-state index contributed by atoms with van der Waals surface area (Å²) in [6, 6.07) is 14.9. The fraction of sp³-hybridized carbons (Fsp3) is 0.200. The van der Waals surface area contributed by atoms with Crippen molar-refractivity contribution in [1.29, 1.82) is 0 Å². The highest BCUT2D eigenvalue weighted by molar-refractivity contribution is 7.95. The maximum atomic E-state index is 12.3. The van der Waals surface area contributed by atoms with Gasteiger partial charge in [-0.25, -0.2) is 8.42 Å². The summed E-state index contributed by atoms with van der Waals surface area (Å²) in [5.41, 5.74) is 3.57. The lowest BCUT2D eigenvalue weighted by Crippen LogP contribution is -2.14. The second-order valence-corrected chi connectivity index (χ2v) is 8.05. The molecular formula is C20H23N3O2S. The van der Waals surface area contributed by atoms with Gasteiger partial charge in [0.05, 0.1) is 5.41 Å². The van der Waals surface area contributed by atoms with Crippen LogP contribution in [0.1, 0.15) is 11.1 Å². The Morgan fingerprint density at radius 2 is 1.88 bits per heavy atom. The van der Waals surface area contributed by atoms with Gasteiger partial charge in [-0.15, -0.1) is 0 Å². The number of rotatable bonds is 7. The first kappa shape index (κ1) is 18.2. The topological polar surface area (TPSA) is 65.2 Å². The number of nitrogens with zero attached hydrogens (tertiary/aromatic N) is 1. The molecule has 0 radical (unpaired) electrons. The Labute approximate surface area is 154 Å². The number of benzene rings is 2. The van der Waals surface area contributed by atoms with E-state index < -0.39 is 10.0 Å². The molecule has 0 aliphatic rings. The lowest BCUT2D eigenvalue weighted by Gasteiger charge is -2.09. The molecule has 0 unspecified atom stereocenters. The van der Waals surface area contributed by atoms with Crippen LogP contribution in [0, 0.1) is 0 Å². The van der Waals surface area contributed by atoms with Gasteiger partial charge in [-0.2, -0.15) is 0 Å². The van der Waals surface area contributed by atoms with Crippen LogP contribution in [0.25, 0.3) is 17.0 Å². The normalized spacial score (nSPS) is 12.3. The molecule has 2 N–H and O–H groups in total. The molecule has 0 bridgehead atoms. The number of likely N-dealkylation sites (N-methyl/N-ethyl adjacent to an activating group) is 1. The van der Waals surface area contributed by atoms with Crippen molar-refractivity contribution in [2.45, 2.75) is 6.42 Å². The van der Waals surface area contributed by atoms with Gasteiger partial charge in [0.25, 0.3) is 10.0 Å². The van der Waals surface area contributed by atoms with Gasteiger partial charge in [-0.05, 0) is 55.9 Å². The second-order valence-electron chi connectivity index (χ2n) is 6.49. The summed E-state index contributed by atoms with van der Waals surface area (Å²) in [7, 11) is 0.498. The summed E-state index contributed by atoms with van der Waals surface area (Å²) in [5, 5.41) is 2.23. The number of nitrogens with one attached hydrogen (secondary N) is 2. The number of aromatic nitrogens is 1. The van der Waals surface area contributed by atoms with Crippen LogP contribution in [0.15, 0.2) is 60.1 Å². The standard InChI is InChI=1S/C20H23N3O2S/c1-23(2)12-10-17-15-21-20-9-8-18(14-19(17)20)22-26(24,25)13-11-16-6-4-3-5-7-16/h3-9,11,13-15,21-22H,10,12H2,1-2H3/b13-11+. The molecule has 0 aliphatic heterocycles. The van der Waals surface area contributed by atoms with Gasteiger partial charge in [0, 0.05) is 29.3 Å². The van der Waals surface area contributed by atoms with Gasteiger partial charge in [-0.3, -0.25) is 4.72 Å². The van der Waals surface area contributed by atoms with Gasteiger partial charge < -0.3 is 9.88 Å². The molecule has 0 amide bonds. The van der Waals surface area contributed by atoms with Crippen molar-refractivity contribution in [2.24, 2.45) is 0 Å². The molecule has 0 saturated carbocycles. The number of aromatic amines is 1. The highest BCUT2D eigenvalue weighted by Gasteiger charge is 2.09. The highest BCUT2D eigenvalue weighted by atomic mass is 32.2. The van der Waals surface area contributed by atoms with E-state index >= 15 is 0 Å². The van der Waals surface area contributed by atoms with Crippen LogP contribution in [-0.2, 0) is 16.4 Å². The van der Waals surface area contributed by atoms with Gasteiger partial charge in [-0.1, -0.05) is 30.3 Å². The Bertz CT molecular complexity index is 1010. The molecule has 3 aromatic rings. The first-order valence-corrected chi connectivity index (χ1v) is 9.98. The molecule has 0 fully saturated rings. The molecule has 1 heterocycles. The largest absolute Gasteiger partial charge is 0.361 e. The minimum absolute atomic E-state index is 0.556. The maximum absolute atomic E-state index is 12.3. The van der Waals surface area contributed by atoms with Gasteiger partial charge in [0.1, 0.15) is 0 Å². The van der Waals surface area contributed by atoms with Crippen LogP contribution in [-0.4, -0.2) is 38.9 Å². The van der Waals surface area contributed by atoms with Crippen molar-refractivity contribution in [1.82, 2.24) is 9.88 Å². The number of anilines is 1. The van der Waals surface area contributed by atoms with Crippen molar-refractivity contribution >= 4 is 32.7 Å². The first-order valence-electron chi connectivity index (χ1n) is 8.44. The quantitative estimate of drug-likeness (QED) is 0.668. The summed E-state index contributed by atoms with van der Waals surface area (Å²) in [4.78, 5) is 5.36. The number of H-pyrrole nitrogens is 1. The second kappa shape index (κ2) is 7.76. The number of hydrogen-bond acceptors (Lipinski definition) is 3. The number of fused-ring (bicyclic) bond motifs is 1. The van der Waals surface area contributed by atoms with Gasteiger partial charge in [0.15, 0.2) is 0 Å². The Balaban J connectivity index is 1.79. The van der Waals surface area contributed by atoms with Crippen LogP contribution < -0.4 is 4.72 Å². The van der Waals surface area contributed by atoms with Crippen LogP contribution in [0.3, 0.4) is 0 Å². The average molecular weight is 369 g/mol. The van der Waals surface area contributed by atoms with E-state index in [4.69, 9.17) is 0 Å². The molecule has 136 valence electrons. The van der Waals surface area contributed by atoms with E-state index in [1.807, 2.05) is 62.8 Å². The maximum Gasteiger partial charge on any atom is 0.255 e. The summed E-state index contributed by atoms with van der Waals surface area (Å²) in [6.07, 6.45) is 4.47. The highest BCUT2D eigenvalue weighted by Crippen LogP contribution is 2.24. The van der Waals surface area contributed by atoms with Crippen LogP contribution >= 0.6 is 0 Å². The Morgan fingerprint density at radius 1 is 1.12 bits per heavy atom. The van der Waals surface area contributed by atoms with Crippen LogP contribution in [0.2, 0.25) is 0 Å². The van der Waals surface area contributed by atoms with Gasteiger partial charge in [0.2, 0.25) is 0 Å². The number of hydrogen-bond donors (Lipinski definition) is 2. The van der Waals surface area contributed by atoms with E-state index in [-0.39, 0.29) is 0 Å². The molecule has 6 heteroatoms. The Morgan fingerprint density at radius 3 is 2.62 bits per heavy atom. The number of sulfonamides is 1. The van der Waals surface area contributed by atoms with Gasteiger partial charge >= 0.3 is 0 Å². The van der Waals surface area contributed by atoms with Crippen molar-refractivity contribution in [2.75, 3.05) is 25.4 Å². The van der Waals surface area contributed by atoms with E-state index in [0.29, 0.717) is 5.69 Å². The van der Waals surface area contributed by atoms with E-state index in [1.54, 1.807) is 12.1 Å². The lowest BCUT2D eigenvalue weighted by atomic mass is 10.1. The monoisotopic (exact) mass is 369 g/mol. The molecule has 1 aromatic heterocycles. The SMILES string of the molecule is CN(C)CCc1c[nH]c2ccc(NS(=O)(=O)/C=C/c3ccccc3)cc12. The first-order chi connectivity index (χ1) is 12.4. The predicted molar refractivity (Wildman–Crippen MR) is 109 cm³/mol. The molecule has 3 rings (SSSR count). The molecule has 2 aromatic carbocycles. The van der Waals surface area contributed by atoms with E-state index in [1.165, 1.54) is 11.0 Å². The van der Waals surface area contributed by atoms with E-state index in [9.17, 15) is 8.42 Å². The molecule has 0 spiro atoms. The minimum atomic E-state index is -3.57. The molecule has 0 saturated heterocycles. The van der Waals surface area contributed by atoms with Crippen LogP contribution in [0.4, 0.5) is 5.69 Å². The smallest absolute Gasteiger partial charge is 0.255 e. The molecule has 26 heavy (non-hydrogen) atoms. The molecule has 0 aliphatic carbocycles. The van der Waals surface area contributed by atoms with Crippen molar-refractivity contribution in [3.8, 4) is 0 Å². The zero-order valence-electron chi connectivity index (χ0n) is 14.9. The zero-order valence-corrected chi connectivity index (χ0v) is 15.8. The third-order valence-corrected chi connectivity index (χ3v) is 5.11. The third kappa shape index (κ3) is 4.74. The Hall–Kier alpha value is -2.57. The van der Waals surface area contributed by atoms with Crippen molar-refractivity contribution < 1.29 is 8.42 Å². The van der Waals surface area contributed by atoms with Crippen molar-refractivity contribution in [3.63, 3.8) is 0 Å². The van der Waals surface area contributed by atoms with E-state index in [0.717, 1.165) is 29.4 Å². The third-order valence-electron chi connectivity index (χ3n) is 4.10. The molecule has 5 nitrogen and oxygen atoms in total. The Kier molecular flexibility index (Phi) is 5.44. The minimum Gasteiger partial charge on any atom is -0.361 e. The summed E-state index contributed by atoms with van der Waals surface area (Å²) in [5.74, 6) is 0. The van der Waals surface area contributed by atoms with E-state index in [2.05, 4.69) is 14.6 Å². The van der Waals surface area contributed by atoms with Crippen LogP contribution in [0.5, 0.6) is 0 Å². The lowest BCUT2D eigenvalue weighted by molar-refractivity contribution is 0.414. The molecular weight excluding hydrogens is 346 g/mol.